The van der Waals surface area contributed by atoms with Gasteiger partial charge in [0.15, 0.2) is 0 Å². The Hall–Kier alpha value is -0.0800. The van der Waals surface area contributed by atoms with E-state index in [9.17, 15) is 0 Å². The van der Waals surface area contributed by atoms with Crippen LogP contribution in [-0.4, -0.2) is 49.1 Å². The summed E-state index contributed by atoms with van der Waals surface area (Å²) in [5.74, 6) is 0.957. The van der Waals surface area contributed by atoms with Crippen LogP contribution in [0.5, 0.6) is 0 Å². The quantitative estimate of drug-likeness (QED) is 0.686. The summed E-state index contributed by atoms with van der Waals surface area (Å²) in [7, 11) is 2.24. The van der Waals surface area contributed by atoms with E-state index in [4.69, 9.17) is 0 Å². The van der Waals surface area contributed by atoms with E-state index in [1.54, 1.807) is 0 Å². The molecule has 1 aliphatic carbocycles. The van der Waals surface area contributed by atoms with Crippen LogP contribution >= 0.6 is 0 Å². The SMILES string of the molecule is CCC1CC[CH]CC1N1CCN(C)CC1. The molecular weight excluding hydrogens is 184 g/mol. The monoisotopic (exact) mass is 209 g/mol. The Morgan fingerprint density at radius 2 is 1.93 bits per heavy atom. The van der Waals surface area contributed by atoms with E-state index in [1.807, 2.05) is 0 Å². The number of nitrogens with zero attached hydrogens (tertiary/aromatic N) is 2. The van der Waals surface area contributed by atoms with Crippen molar-refractivity contribution in [3.05, 3.63) is 6.42 Å². The minimum absolute atomic E-state index is 0.859. The summed E-state index contributed by atoms with van der Waals surface area (Å²) < 4.78 is 0. The molecule has 1 saturated carbocycles. The molecule has 2 fully saturated rings. The number of hydrogen-bond acceptors (Lipinski definition) is 2. The van der Waals surface area contributed by atoms with Crippen molar-refractivity contribution in [2.24, 2.45) is 5.92 Å². The van der Waals surface area contributed by atoms with Crippen molar-refractivity contribution >= 4 is 0 Å². The standard InChI is InChI=1S/C13H25N2/c1-3-12-6-4-5-7-13(12)15-10-8-14(2)9-11-15/h5,12-13H,3-4,6-11H2,1-2H3. The molecule has 2 atom stereocenters. The second kappa shape index (κ2) is 5.31. The minimum Gasteiger partial charge on any atom is -0.304 e. The molecule has 0 N–H and O–H groups in total. The minimum atomic E-state index is 0.859. The molecule has 0 spiro atoms. The third-order valence-corrected chi connectivity index (χ3v) is 4.23. The lowest BCUT2D eigenvalue weighted by Gasteiger charge is -2.43. The lowest BCUT2D eigenvalue weighted by Crippen LogP contribution is -2.52. The molecule has 15 heavy (non-hydrogen) atoms. The molecular formula is C13H25N2. The van der Waals surface area contributed by atoms with Crippen molar-refractivity contribution < 1.29 is 0 Å². The smallest absolute Gasteiger partial charge is 0.0127 e. The third-order valence-electron chi connectivity index (χ3n) is 4.23. The van der Waals surface area contributed by atoms with Gasteiger partial charge < -0.3 is 4.90 Å². The largest absolute Gasteiger partial charge is 0.304 e. The van der Waals surface area contributed by atoms with E-state index in [0.29, 0.717) is 0 Å². The van der Waals surface area contributed by atoms with Crippen LogP contribution in [0, 0.1) is 12.3 Å². The lowest BCUT2D eigenvalue weighted by molar-refractivity contribution is 0.0667. The molecule has 1 heterocycles. The molecule has 0 amide bonds. The van der Waals surface area contributed by atoms with Crippen LogP contribution in [0.2, 0.25) is 0 Å². The van der Waals surface area contributed by atoms with Gasteiger partial charge in [-0.2, -0.15) is 0 Å². The van der Waals surface area contributed by atoms with Gasteiger partial charge in [0.25, 0.3) is 0 Å². The fourth-order valence-electron chi connectivity index (χ4n) is 3.08. The van der Waals surface area contributed by atoms with Gasteiger partial charge in [0.05, 0.1) is 0 Å². The van der Waals surface area contributed by atoms with Gasteiger partial charge in [-0.3, -0.25) is 4.90 Å². The number of piperazine rings is 1. The van der Waals surface area contributed by atoms with Gasteiger partial charge in [-0.05, 0) is 38.6 Å². The van der Waals surface area contributed by atoms with Gasteiger partial charge >= 0.3 is 0 Å². The first-order valence-electron chi connectivity index (χ1n) is 6.55. The van der Waals surface area contributed by atoms with Gasteiger partial charge in [-0.15, -0.1) is 0 Å². The predicted molar refractivity (Wildman–Crippen MR) is 64.8 cm³/mol. The lowest BCUT2D eigenvalue weighted by atomic mass is 9.81. The summed E-state index contributed by atoms with van der Waals surface area (Å²) in [6, 6.07) is 0.859. The summed E-state index contributed by atoms with van der Waals surface area (Å²) in [5, 5.41) is 0. The Morgan fingerprint density at radius 1 is 1.20 bits per heavy atom. The number of likely N-dealkylation sites (N-methyl/N-ethyl adjacent to an activating group) is 1. The van der Waals surface area contributed by atoms with E-state index in [-0.39, 0.29) is 0 Å². The molecule has 2 aliphatic rings. The van der Waals surface area contributed by atoms with Crippen LogP contribution in [0.4, 0.5) is 0 Å². The third kappa shape index (κ3) is 2.73. The summed E-state index contributed by atoms with van der Waals surface area (Å²) in [6.45, 7) is 7.44. The molecule has 0 aromatic carbocycles. The normalized spacial score (nSPS) is 35.6. The van der Waals surface area contributed by atoms with E-state index >= 15 is 0 Å². The van der Waals surface area contributed by atoms with Crippen LogP contribution < -0.4 is 0 Å². The Bertz CT molecular complexity index is 185. The van der Waals surface area contributed by atoms with Crippen LogP contribution in [-0.2, 0) is 0 Å². The van der Waals surface area contributed by atoms with Crippen molar-refractivity contribution in [2.75, 3.05) is 33.2 Å². The van der Waals surface area contributed by atoms with Gasteiger partial charge in [0.1, 0.15) is 0 Å². The zero-order valence-electron chi connectivity index (χ0n) is 10.3. The molecule has 1 radical (unpaired) electrons. The van der Waals surface area contributed by atoms with Crippen LogP contribution in [0.15, 0.2) is 0 Å². The van der Waals surface area contributed by atoms with Gasteiger partial charge in [-0.1, -0.05) is 13.3 Å². The molecule has 2 heteroatoms. The molecule has 1 aliphatic heterocycles. The Balaban J connectivity index is 1.90. The molecule has 2 rings (SSSR count). The average Bonchev–Trinajstić information content (AvgIpc) is 2.30. The maximum Gasteiger partial charge on any atom is 0.0127 e. The zero-order chi connectivity index (χ0) is 10.7. The first-order chi connectivity index (χ1) is 7.31. The molecule has 1 saturated heterocycles. The predicted octanol–water partition coefficient (Wildman–Crippen LogP) is 2.02. The Morgan fingerprint density at radius 3 is 2.60 bits per heavy atom. The zero-order valence-corrected chi connectivity index (χ0v) is 10.3. The topological polar surface area (TPSA) is 6.48 Å². The van der Waals surface area contributed by atoms with Crippen molar-refractivity contribution in [1.29, 1.82) is 0 Å². The summed E-state index contributed by atoms with van der Waals surface area (Å²) >= 11 is 0. The molecule has 0 aromatic rings. The second-order valence-electron chi connectivity index (χ2n) is 5.18. The van der Waals surface area contributed by atoms with Crippen LogP contribution in [0.25, 0.3) is 0 Å². The summed E-state index contributed by atoms with van der Waals surface area (Å²) in [6.07, 6.45) is 7.98. The van der Waals surface area contributed by atoms with Crippen molar-refractivity contribution in [3.63, 3.8) is 0 Å². The first kappa shape index (κ1) is 11.4. The first-order valence-corrected chi connectivity index (χ1v) is 6.55. The highest BCUT2D eigenvalue weighted by Crippen LogP contribution is 2.30. The van der Waals surface area contributed by atoms with E-state index < -0.39 is 0 Å². The van der Waals surface area contributed by atoms with Crippen molar-refractivity contribution in [3.8, 4) is 0 Å². The molecule has 0 aromatic heterocycles. The molecule has 2 unspecified atom stereocenters. The maximum atomic E-state index is 2.74. The fourth-order valence-corrected chi connectivity index (χ4v) is 3.08. The highest BCUT2D eigenvalue weighted by atomic mass is 15.3. The highest BCUT2D eigenvalue weighted by Gasteiger charge is 2.30. The van der Waals surface area contributed by atoms with Gasteiger partial charge in [0, 0.05) is 32.2 Å². The van der Waals surface area contributed by atoms with Gasteiger partial charge in [0.2, 0.25) is 0 Å². The highest BCUT2D eigenvalue weighted by molar-refractivity contribution is 4.91. The average molecular weight is 209 g/mol. The van der Waals surface area contributed by atoms with E-state index in [2.05, 4.69) is 30.2 Å². The van der Waals surface area contributed by atoms with Crippen molar-refractivity contribution in [2.45, 2.75) is 38.6 Å². The van der Waals surface area contributed by atoms with Crippen molar-refractivity contribution in [1.82, 2.24) is 9.80 Å². The fraction of sp³-hybridized carbons (Fsp3) is 0.923. The van der Waals surface area contributed by atoms with Crippen LogP contribution in [0.1, 0.15) is 32.6 Å². The number of hydrogen-bond donors (Lipinski definition) is 0. The molecule has 87 valence electrons. The molecule has 0 bridgehead atoms. The Kier molecular flexibility index (Phi) is 4.04. The second-order valence-corrected chi connectivity index (χ2v) is 5.18. The van der Waals surface area contributed by atoms with Crippen LogP contribution in [0.3, 0.4) is 0 Å². The van der Waals surface area contributed by atoms with E-state index in [1.165, 1.54) is 51.9 Å². The molecule has 2 nitrogen and oxygen atoms in total. The summed E-state index contributed by atoms with van der Waals surface area (Å²) in [4.78, 5) is 5.19. The van der Waals surface area contributed by atoms with Gasteiger partial charge in [-0.25, -0.2) is 0 Å². The Labute approximate surface area is 94.6 Å². The maximum absolute atomic E-state index is 2.74. The number of rotatable bonds is 2. The summed E-state index contributed by atoms with van der Waals surface area (Å²) in [5.41, 5.74) is 0. The van der Waals surface area contributed by atoms with E-state index in [0.717, 1.165) is 12.0 Å².